The highest BCUT2D eigenvalue weighted by molar-refractivity contribution is 5.27. The minimum atomic E-state index is 0.680. The van der Waals surface area contributed by atoms with E-state index in [1.54, 1.807) is 0 Å². The Morgan fingerprint density at radius 2 is 2.00 bits per heavy atom. The van der Waals surface area contributed by atoms with Crippen molar-refractivity contribution in [3.05, 3.63) is 47.8 Å². The molecule has 1 aromatic carbocycles. The minimum Gasteiger partial charge on any atom is -0.493 e. The third kappa shape index (κ3) is 4.70. The molecule has 4 heteroatoms. The van der Waals surface area contributed by atoms with Crippen LogP contribution in [0.3, 0.4) is 0 Å². The number of hydrogen-bond acceptors (Lipinski definition) is 3. The molecule has 0 amide bonds. The molecule has 4 nitrogen and oxygen atoms in total. The number of nitrogens with one attached hydrogen (secondary N) is 1. The smallest absolute Gasteiger partial charge is 0.119 e. The van der Waals surface area contributed by atoms with Gasteiger partial charge >= 0.3 is 0 Å². The molecule has 1 aromatic heterocycles. The van der Waals surface area contributed by atoms with Gasteiger partial charge in [0.15, 0.2) is 0 Å². The molecule has 2 aromatic rings. The highest BCUT2D eigenvalue weighted by atomic mass is 16.5. The quantitative estimate of drug-likeness (QED) is 0.751. The summed E-state index contributed by atoms with van der Waals surface area (Å²) in [6, 6.07) is 8.29. The monoisotopic (exact) mass is 273 g/mol. The molecule has 2 rings (SSSR count). The molecule has 1 N–H and O–H groups in total. The van der Waals surface area contributed by atoms with E-state index in [2.05, 4.69) is 29.5 Å². The van der Waals surface area contributed by atoms with Crippen molar-refractivity contribution in [2.45, 2.75) is 26.3 Å². The summed E-state index contributed by atoms with van der Waals surface area (Å²) in [4.78, 5) is 0. The van der Waals surface area contributed by atoms with Crippen LogP contribution in [0.1, 0.15) is 24.5 Å². The Bertz CT molecular complexity index is 505. The third-order valence-corrected chi connectivity index (χ3v) is 3.10. The normalized spacial score (nSPS) is 10.7. The molecule has 1 heterocycles. The van der Waals surface area contributed by atoms with E-state index in [1.165, 1.54) is 11.1 Å². The molecule has 0 saturated heterocycles. The molecule has 20 heavy (non-hydrogen) atoms. The Morgan fingerprint density at radius 3 is 2.65 bits per heavy atom. The number of aromatic nitrogens is 2. The molecule has 0 atom stereocenters. The summed E-state index contributed by atoms with van der Waals surface area (Å²) in [5.41, 5.74) is 2.49. The van der Waals surface area contributed by atoms with Crippen molar-refractivity contribution in [3.63, 3.8) is 0 Å². The van der Waals surface area contributed by atoms with E-state index >= 15 is 0 Å². The van der Waals surface area contributed by atoms with Crippen molar-refractivity contribution in [1.82, 2.24) is 15.1 Å². The third-order valence-electron chi connectivity index (χ3n) is 3.10. The lowest BCUT2D eigenvalue weighted by Gasteiger charge is -2.07. The zero-order valence-corrected chi connectivity index (χ0v) is 12.3. The first kappa shape index (κ1) is 14.6. The molecule has 108 valence electrons. The molecule has 0 aliphatic rings. The minimum absolute atomic E-state index is 0.680. The number of rotatable bonds is 8. The molecule has 0 aliphatic carbocycles. The van der Waals surface area contributed by atoms with Gasteiger partial charge in [0.05, 0.1) is 12.8 Å². The number of benzene rings is 1. The molecule has 0 fully saturated rings. The maximum atomic E-state index is 5.74. The lowest BCUT2D eigenvalue weighted by molar-refractivity contribution is 0.322. The van der Waals surface area contributed by atoms with Gasteiger partial charge in [-0.1, -0.05) is 19.1 Å². The molecule has 0 radical (unpaired) electrons. The van der Waals surface area contributed by atoms with Crippen LogP contribution in [0, 0.1) is 0 Å². The average Bonchev–Trinajstić information content (AvgIpc) is 2.87. The van der Waals surface area contributed by atoms with Crippen LogP contribution < -0.4 is 10.1 Å². The molecule has 0 bridgehead atoms. The van der Waals surface area contributed by atoms with Gasteiger partial charge in [-0.3, -0.25) is 4.68 Å². The van der Waals surface area contributed by atoms with Crippen molar-refractivity contribution < 1.29 is 4.74 Å². The van der Waals surface area contributed by atoms with Crippen LogP contribution in [0.25, 0.3) is 0 Å². The first-order valence-electron chi connectivity index (χ1n) is 7.18. The zero-order chi connectivity index (χ0) is 14.2. The van der Waals surface area contributed by atoms with Crippen LogP contribution in [0.5, 0.6) is 5.75 Å². The van der Waals surface area contributed by atoms with E-state index in [9.17, 15) is 0 Å². The predicted molar refractivity (Wildman–Crippen MR) is 80.8 cm³/mol. The second-order valence-corrected chi connectivity index (χ2v) is 4.94. The molecule has 0 aliphatic heterocycles. The van der Waals surface area contributed by atoms with Gasteiger partial charge in [0, 0.05) is 26.2 Å². The van der Waals surface area contributed by atoms with Crippen molar-refractivity contribution in [2.24, 2.45) is 7.05 Å². The predicted octanol–water partition coefficient (Wildman–Crippen LogP) is 2.54. The lowest BCUT2D eigenvalue weighted by Crippen LogP contribution is -2.13. The molecular weight excluding hydrogens is 250 g/mol. The Morgan fingerprint density at radius 1 is 1.20 bits per heavy atom. The van der Waals surface area contributed by atoms with Crippen LogP contribution >= 0.6 is 0 Å². The second kappa shape index (κ2) is 7.70. The summed E-state index contributed by atoms with van der Waals surface area (Å²) in [7, 11) is 1.93. The van der Waals surface area contributed by atoms with E-state index in [1.807, 2.05) is 36.3 Å². The van der Waals surface area contributed by atoms with Gasteiger partial charge in [-0.25, -0.2) is 0 Å². The maximum Gasteiger partial charge on any atom is 0.119 e. The van der Waals surface area contributed by atoms with Crippen molar-refractivity contribution in [3.8, 4) is 5.75 Å². The highest BCUT2D eigenvalue weighted by Crippen LogP contribution is 2.12. The van der Waals surface area contributed by atoms with Gasteiger partial charge in [0.25, 0.3) is 0 Å². The zero-order valence-electron chi connectivity index (χ0n) is 12.3. The van der Waals surface area contributed by atoms with E-state index in [4.69, 9.17) is 4.74 Å². The van der Waals surface area contributed by atoms with Crippen LogP contribution in [0.4, 0.5) is 0 Å². The summed E-state index contributed by atoms with van der Waals surface area (Å²) in [6.45, 7) is 4.83. The standard InChI is InChI=1S/C16H23N3O/c1-3-9-17-11-14-4-6-16(7-5-14)20-10-8-15-12-18-19(2)13-15/h4-7,12-13,17H,3,8-11H2,1-2H3. The van der Waals surface area contributed by atoms with Gasteiger partial charge < -0.3 is 10.1 Å². The Balaban J connectivity index is 1.73. The number of hydrogen-bond donors (Lipinski definition) is 1. The van der Waals surface area contributed by atoms with Crippen LogP contribution in [0.2, 0.25) is 0 Å². The fourth-order valence-electron chi connectivity index (χ4n) is 2.00. The number of aryl methyl sites for hydroxylation is 1. The molecular formula is C16H23N3O. The first-order valence-corrected chi connectivity index (χ1v) is 7.18. The van der Waals surface area contributed by atoms with E-state index in [0.29, 0.717) is 6.61 Å². The maximum absolute atomic E-state index is 5.74. The van der Waals surface area contributed by atoms with Crippen LogP contribution in [-0.4, -0.2) is 22.9 Å². The van der Waals surface area contributed by atoms with Crippen LogP contribution in [-0.2, 0) is 20.0 Å². The fraction of sp³-hybridized carbons (Fsp3) is 0.438. The highest BCUT2D eigenvalue weighted by Gasteiger charge is 1.98. The summed E-state index contributed by atoms with van der Waals surface area (Å²) in [5.74, 6) is 0.924. The van der Waals surface area contributed by atoms with Gasteiger partial charge in [-0.05, 0) is 36.2 Å². The topological polar surface area (TPSA) is 39.1 Å². The second-order valence-electron chi connectivity index (χ2n) is 4.94. The summed E-state index contributed by atoms with van der Waals surface area (Å²) in [5, 5.41) is 7.53. The number of nitrogens with zero attached hydrogens (tertiary/aromatic N) is 2. The van der Waals surface area contributed by atoms with Crippen molar-refractivity contribution in [1.29, 1.82) is 0 Å². The Kier molecular flexibility index (Phi) is 5.62. The SMILES string of the molecule is CCCNCc1ccc(OCCc2cnn(C)c2)cc1. The molecule has 0 unspecified atom stereocenters. The molecule has 0 spiro atoms. The summed E-state index contributed by atoms with van der Waals surface area (Å²) >= 11 is 0. The summed E-state index contributed by atoms with van der Waals surface area (Å²) < 4.78 is 7.56. The van der Waals surface area contributed by atoms with Gasteiger partial charge in [-0.2, -0.15) is 5.10 Å². The van der Waals surface area contributed by atoms with E-state index in [-0.39, 0.29) is 0 Å². The van der Waals surface area contributed by atoms with E-state index < -0.39 is 0 Å². The van der Waals surface area contributed by atoms with Crippen LogP contribution in [0.15, 0.2) is 36.7 Å². The largest absolute Gasteiger partial charge is 0.493 e. The van der Waals surface area contributed by atoms with Gasteiger partial charge in [-0.15, -0.1) is 0 Å². The Labute approximate surface area is 120 Å². The number of ether oxygens (including phenoxy) is 1. The van der Waals surface area contributed by atoms with Gasteiger partial charge in [0.2, 0.25) is 0 Å². The van der Waals surface area contributed by atoms with Gasteiger partial charge in [0.1, 0.15) is 5.75 Å². The molecule has 0 saturated carbocycles. The summed E-state index contributed by atoms with van der Waals surface area (Å²) in [6.07, 6.45) is 5.95. The average molecular weight is 273 g/mol. The first-order chi connectivity index (χ1) is 9.78. The van der Waals surface area contributed by atoms with Crippen molar-refractivity contribution in [2.75, 3.05) is 13.2 Å². The Hall–Kier alpha value is -1.81. The van der Waals surface area contributed by atoms with E-state index in [0.717, 1.165) is 31.7 Å². The van der Waals surface area contributed by atoms with Crippen molar-refractivity contribution >= 4 is 0 Å². The fourth-order valence-corrected chi connectivity index (χ4v) is 2.00. The lowest BCUT2D eigenvalue weighted by atomic mass is 10.2.